The van der Waals surface area contributed by atoms with E-state index in [1.165, 1.54) is 23.1 Å². The minimum absolute atomic E-state index is 0.00265. The Labute approximate surface area is 118 Å². The monoisotopic (exact) mass is 305 g/mol. The average Bonchev–Trinajstić information content (AvgIpc) is 2.40. The maximum Gasteiger partial charge on any atom is 0.412 e. The molecule has 1 aliphatic rings. The molecule has 2 rings (SSSR count). The molecule has 1 heterocycles. The van der Waals surface area contributed by atoms with Crippen LogP contribution in [0.4, 0.5) is 13.2 Å². The molecule has 1 N–H and O–H groups in total. The van der Waals surface area contributed by atoms with Crippen molar-refractivity contribution in [2.45, 2.75) is 12.6 Å². The van der Waals surface area contributed by atoms with Crippen LogP contribution < -0.4 is 0 Å². The molecule has 0 aliphatic carbocycles. The summed E-state index contributed by atoms with van der Waals surface area (Å²) >= 11 is 5.70. The van der Waals surface area contributed by atoms with Crippen molar-refractivity contribution in [1.82, 2.24) is 4.90 Å². The van der Waals surface area contributed by atoms with E-state index < -0.39 is 17.7 Å². The van der Waals surface area contributed by atoms with Gasteiger partial charge in [0.2, 0.25) is 0 Å². The van der Waals surface area contributed by atoms with E-state index in [9.17, 15) is 23.1 Å². The van der Waals surface area contributed by atoms with Gasteiger partial charge in [0.1, 0.15) is 5.75 Å². The molecule has 20 heavy (non-hydrogen) atoms. The Balaban J connectivity index is 2.12. The number of phenols is 1. The van der Waals surface area contributed by atoms with Crippen LogP contribution >= 0.6 is 11.6 Å². The molecule has 0 saturated carbocycles. The van der Waals surface area contributed by atoms with Crippen LogP contribution in [-0.2, 0) is 0 Å². The summed E-state index contributed by atoms with van der Waals surface area (Å²) in [4.78, 5) is 13.4. The number of amides is 1. The van der Waals surface area contributed by atoms with Crippen LogP contribution in [0.3, 0.4) is 0 Å². The van der Waals surface area contributed by atoms with E-state index in [-0.39, 0.29) is 35.8 Å². The second kappa shape index (κ2) is 5.36. The fraction of sp³-hybridized carbons (Fsp3) is 0.308. The first-order chi connectivity index (χ1) is 9.29. The second-order valence-corrected chi connectivity index (χ2v) is 4.80. The largest absolute Gasteiger partial charge is 0.506 e. The molecular weight excluding hydrogens is 295 g/mol. The van der Waals surface area contributed by atoms with Crippen LogP contribution in [0.2, 0.25) is 5.02 Å². The van der Waals surface area contributed by atoms with Crippen molar-refractivity contribution < 1.29 is 23.1 Å². The predicted octanol–water partition coefficient (Wildman–Crippen LogP) is 3.38. The van der Waals surface area contributed by atoms with E-state index in [2.05, 4.69) is 0 Å². The summed E-state index contributed by atoms with van der Waals surface area (Å²) in [5, 5.41) is 9.30. The lowest BCUT2D eigenvalue weighted by molar-refractivity contribution is -0.0957. The molecule has 1 amide bonds. The van der Waals surface area contributed by atoms with Gasteiger partial charge in [-0.25, -0.2) is 0 Å². The van der Waals surface area contributed by atoms with Gasteiger partial charge >= 0.3 is 6.18 Å². The molecule has 1 aromatic carbocycles. The summed E-state index contributed by atoms with van der Waals surface area (Å²) in [5.41, 5.74) is -0.373. The summed E-state index contributed by atoms with van der Waals surface area (Å²) in [6, 6.07) is 3.95. The minimum atomic E-state index is -4.34. The molecule has 1 aliphatic heterocycles. The first kappa shape index (κ1) is 14.7. The normalized spacial score (nSPS) is 16.0. The summed E-state index contributed by atoms with van der Waals surface area (Å²) in [5.74, 6) is -0.564. The van der Waals surface area contributed by atoms with Gasteiger partial charge in [0, 0.05) is 24.2 Å². The number of halogens is 4. The van der Waals surface area contributed by atoms with Gasteiger partial charge in [0.05, 0.1) is 5.02 Å². The lowest BCUT2D eigenvalue weighted by Gasteiger charge is -2.27. The molecule has 0 bridgehead atoms. The first-order valence-electron chi connectivity index (χ1n) is 5.83. The molecule has 0 radical (unpaired) electrons. The van der Waals surface area contributed by atoms with Crippen molar-refractivity contribution in [3.63, 3.8) is 0 Å². The number of hydrogen-bond acceptors (Lipinski definition) is 2. The fourth-order valence-corrected chi connectivity index (χ4v) is 2.11. The van der Waals surface area contributed by atoms with E-state index in [1.807, 2.05) is 0 Å². The number of hydrogen-bond donors (Lipinski definition) is 1. The van der Waals surface area contributed by atoms with Gasteiger partial charge in [-0.3, -0.25) is 4.79 Å². The van der Waals surface area contributed by atoms with Crippen molar-refractivity contribution in [3.05, 3.63) is 40.4 Å². The Morgan fingerprint density at radius 3 is 2.55 bits per heavy atom. The molecule has 0 spiro atoms. The first-order valence-corrected chi connectivity index (χ1v) is 6.21. The average molecular weight is 306 g/mol. The third-order valence-electron chi connectivity index (χ3n) is 3.06. The molecule has 0 atom stereocenters. The fourth-order valence-electron chi connectivity index (χ4n) is 1.93. The zero-order chi connectivity index (χ0) is 14.9. The maximum absolute atomic E-state index is 12.5. The molecule has 0 fully saturated rings. The molecule has 0 aromatic heterocycles. The van der Waals surface area contributed by atoms with Crippen LogP contribution in [0.15, 0.2) is 29.8 Å². The van der Waals surface area contributed by atoms with Gasteiger partial charge in [-0.2, -0.15) is 13.2 Å². The number of carbonyl (C=O) groups is 1. The van der Waals surface area contributed by atoms with E-state index in [1.54, 1.807) is 0 Å². The maximum atomic E-state index is 12.5. The summed E-state index contributed by atoms with van der Waals surface area (Å²) in [7, 11) is 0. The van der Waals surface area contributed by atoms with Crippen LogP contribution in [0.5, 0.6) is 5.75 Å². The van der Waals surface area contributed by atoms with Crippen molar-refractivity contribution >= 4 is 17.5 Å². The Bertz CT molecular complexity index is 569. The number of nitrogens with zero attached hydrogens (tertiary/aromatic N) is 1. The van der Waals surface area contributed by atoms with Crippen LogP contribution in [0, 0.1) is 0 Å². The van der Waals surface area contributed by atoms with Crippen LogP contribution in [0.25, 0.3) is 0 Å². The minimum Gasteiger partial charge on any atom is -0.506 e. The quantitative estimate of drug-likeness (QED) is 0.808. The zero-order valence-electron chi connectivity index (χ0n) is 10.2. The lowest BCUT2D eigenvalue weighted by atomic mass is 10.1. The highest BCUT2D eigenvalue weighted by atomic mass is 35.5. The summed E-state index contributed by atoms with van der Waals surface area (Å²) in [6.07, 6.45) is -3.54. The number of alkyl halides is 3. The van der Waals surface area contributed by atoms with Crippen molar-refractivity contribution in [3.8, 4) is 5.75 Å². The Hall–Kier alpha value is -1.69. The third kappa shape index (κ3) is 3.07. The van der Waals surface area contributed by atoms with Crippen LogP contribution in [0.1, 0.15) is 16.8 Å². The number of benzene rings is 1. The summed E-state index contributed by atoms with van der Waals surface area (Å²) in [6.45, 7) is -0.0884. The zero-order valence-corrected chi connectivity index (χ0v) is 11.0. The Morgan fingerprint density at radius 1 is 1.35 bits per heavy atom. The molecule has 108 valence electrons. The highest BCUT2D eigenvalue weighted by molar-refractivity contribution is 6.32. The van der Waals surface area contributed by atoms with Crippen molar-refractivity contribution in [1.29, 1.82) is 0 Å². The van der Waals surface area contributed by atoms with Crippen LogP contribution in [-0.4, -0.2) is 35.2 Å². The van der Waals surface area contributed by atoms with E-state index in [4.69, 9.17) is 11.6 Å². The van der Waals surface area contributed by atoms with E-state index >= 15 is 0 Å². The highest BCUT2D eigenvalue weighted by Crippen LogP contribution is 2.31. The van der Waals surface area contributed by atoms with Gasteiger partial charge in [-0.05, 0) is 24.6 Å². The second-order valence-electron chi connectivity index (χ2n) is 4.39. The lowest BCUT2D eigenvalue weighted by Crippen LogP contribution is -2.36. The van der Waals surface area contributed by atoms with Gasteiger partial charge in [0.25, 0.3) is 5.91 Å². The van der Waals surface area contributed by atoms with Gasteiger partial charge < -0.3 is 10.0 Å². The Morgan fingerprint density at radius 2 is 2.05 bits per heavy atom. The molecule has 0 saturated heterocycles. The molecular formula is C13H11ClF3NO2. The number of rotatable bonds is 1. The highest BCUT2D eigenvalue weighted by Gasteiger charge is 2.35. The molecule has 0 unspecified atom stereocenters. The third-order valence-corrected chi connectivity index (χ3v) is 3.36. The SMILES string of the molecule is O=C(c1ccc(O)c(Cl)c1)N1CC=C(C(F)(F)F)CC1. The number of carbonyl (C=O) groups excluding carboxylic acids is 1. The number of phenolic OH excluding ortho intramolecular Hbond substituents is 1. The van der Waals surface area contributed by atoms with E-state index in [0.717, 1.165) is 6.08 Å². The smallest absolute Gasteiger partial charge is 0.412 e. The van der Waals surface area contributed by atoms with Gasteiger partial charge in [-0.1, -0.05) is 17.7 Å². The Kier molecular flexibility index (Phi) is 3.94. The van der Waals surface area contributed by atoms with E-state index in [0.29, 0.717) is 0 Å². The standard InChI is InChI=1S/C13H11ClF3NO2/c14-10-7-8(1-2-11(10)19)12(20)18-5-3-9(4-6-18)13(15,16)17/h1-3,7,19H,4-6H2. The van der Waals surface area contributed by atoms with Gasteiger partial charge in [0.15, 0.2) is 0 Å². The van der Waals surface area contributed by atoms with Crippen molar-refractivity contribution in [2.75, 3.05) is 13.1 Å². The molecule has 1 aromatic rings. The topological polar surface area (TPSA) is 40.5 Å². The summed E-state index contributed by atoms with van der Waals surface area (Å²) < 4.78 is 37.4. The molecule has 3 nitrogen and oxygen atoms in total. The van der Waals surface area contributed by atoms with Crippen molar-refractivity contribution in [2.24, 2.45) is 0 Å². The predicted molar refractivity (Wildman–Crippen MR) is 67.8 cm³/mol. The van der Waals surface area contributed by atoms with Gasteiger partial charge in [-0.15, -0.1) is 0 Å². The molecule has 7 heteroatoms. The number of aromatic hydroxyl groups is 1.